The zero-order valence-electron chi connectivity index (χ0n) is 10.4. The van der Waals surface area contributed by atoms with Gasteiger partial charge in [-0.25, -0.2) is 0 Å². The van der Waals surface area contributed by atoms with Crippen molar-refractivity contribution in [2.24, 2.45) is 17.1 Å². The first-order chi connectivity index (χ1) is 7.16. The quantitative estimate of drug-likeness (QED) is 0.622. The van der Waals surface area contributed by atoms with Crippen LogP contribution in [-0.2, 0) is 9.59 Å². The van der Waals surface area contributed by atoms with Crippen molar-refractivity contribution in [2.75, 3.05) is 6.54 Å². The van der Waals surface area contributed by atoms with Crippen LogP contribution in [0.1, 0.15) is 34.1 Å². The molecule has 1 atom stereocenters. The van der Waals surface area contributed by atoms with Crippen LogP contribution in [0.5, 0.6) is 0 Å². The molecule has 0 aromatic carbocycles. The number of hydrogen-bond acceptors (Lipinski definition) is 3. The molecule has 0 aromatic rings. The number of aliphatic carboxylic acids is 1. The molecule has 0 aromatic heterocycles. The number of carbonyl (C=O) groups excluding carboxylic acids is 1. The minimum Gasteiger partial charge on any atom is -0.481 e. The van der Waals surface area contributed by atoms with Gasteiger partial charge in [-0.2, -0.15) is 0 Å². The summed E-state index contributed by atoms with van der Waals surface area (Å²) in [5.41, 5.74) is 4.70. The number of hydrogen-bond donors (Lipinski definition) is 3. The molecule has 0 radical (unpaired) electrons. The highest BCUT2D eigenvalue weighted by atomic mass is 16.4. The lowest BCUT2D eigenvalue weighted by atomic mass is 9.93. The Balaban J connectivity index is 4.12. The third-order valence-corrected chi connectivity index (χ3v) is 2.35. The summed E-state index contributed by atoms with van der Waals surface area (Å²) in [5.74, 6) is -0.888. The number of rotatable bonds is 6. The number of carboxylic acid groups (broad SMARTS) is 1. The Morgan fingerprint density at radius 3 is 2.25 bits per heavy atom. The van der Waals surface area contributed by atoms with Crippen molar-refractivity contribution in [3.8, 4) is 0 Å². The Bertz CT molecular complexity index is 262. The number of carbonyl (C=O) groups is 2. The van der Waals surface area contributed by atoms with Gasteiger partial charge in [0.2, 0.25) is 5.91 Å². The highest BCUT2D eigenvalue weighted by molar-refractivity contribution is 5.82. The maximum Gasteiger partial charge on any atom is 0.310 e. The van der Waals surface area contributed by atoms with Crippen molar-refractivity contribution >= 4 is 11.9 Å². The Kier molecular flexibility index (Phi) is 5.44. The van der Waals surface area contributed by atoms with Gasteiger partial charge in [-0.3, -0.25) is 9.59 Å². The van der Waals surface area contributed by atoms with Crippen LogP contribution >= 0.6 is 0 Å². The third-order valence-electron chi connectivity index (χ3n) is 2.35. The minimum absolute atomic E-state index is 0.0902. The average molecular weight is 230 g/mol. The first-order valence-electron chi connectivity index (χ1n) is 5.43. The lowest BCUT2D eigenvalue weighted by Gasteiger charge is -2.21. The summed E-state index contributed by atoms with van der Waals surface area (Å²) in [7, 11) is 0. The zero-order chi connectivity index (χ0) is 12.9. The number of amides is 1. The van der Waals surface area contributed by atoms with E-state index in [2.05, 4.69) is 5.32 Å². The van der Waals surface area contributed by atoms with E-state index in [0.717, 1.165) is 0 Å². The van der Waals surface area contributed by atoms with Crippen LogP contribution < -0.4 is 11.1 Å². The van der Waals surface area contributed by atoms with E-state index in [-0.39, 0.29) is 12.5 Å². The molecule has 0 saturated heterocycles. The first kappa shape index (κ1) is 14.9. The molecule has 5 heteroatoms. The van der Waals surface area contributed by atoms with Gasteiger partial charge in [-0.05, 0) is 26.2 Å². The van der Waals surface area contributed by atoms with Crippen LogP contribution in [-0.4, -0.2) is 29.6 Å². The van der Waals surface area contributed by atoms with Gasteiger partial charge in [-0.15, -0.1) is 0 Å². The standard InChI is InChI=1S/C11H22N2O3/c1-7(2)5-8(12)9(14)13-6-11(3,4)10(15)16/h7-8H,5-6,12H2,1-4H3,(H,13,14)(H,15,16)/t8-/m1/s1. The molecule has 5 nitrogen and oxygen atoms in total. The third kappa shape index (κ3) is 5.11. The van der Waals surface area contributed by atoms with Gasteiger partial charge in [0.15, 0.2) is 0 Å². The van der Waals surface area contributed by atoms with E-state index in [0.29, 0.717) is 12.3 Å². The highest BCUT2D eigenvalue weighted by Crippen LogP contribution is 2.13. The van der Waals surface area contributed by atoms with Gasteiger partial charge in [-0.1, -0.05) is 13.8 Å². The fraction of sp³-hybridized carbons (Fsp3) is 0.818. The molecule has 0 rings (SSSR count). The molecule has 0 spiro atoms. The molecule has 94 valence electrons. The summed E-state index contributed by atoms with van der Waals surface area (Å²) in [6.07, 6.45) is 0.597. The molecule has 1 amide bonds. The molecule has 0 aliphatic rings. The Hall–Kier alpha value is -1.10. The summed E-state index contributed by atoms with van der Waals surface area (Å²) in [6.45, 7) is 7.17. The van der Waals surface area contributed by atoms with E-state index < -0.39 is 17.4 Å². The van der Waals surface area contributed by atoms with Crippen LogP contribution in [0.2, 0.25) is 0 Å². The largest absolute Gasteiger partial charge is 0.481 e. The summed E-state index contributed by atoms with van der Waals surface area (Å²) >= 11 is 0. The smallest absolute Gasteiger partial charge is 0.310 e. The van der Waals surface area contributed by atoms with Crippen LogP contribution in [0, 0.1) is 11.3 Å². The Morgan fingerprint density at radius 1 is 1.38 bits per heavy atom. The van der Waals surface area contributed by atoms with Crippen LogP contribution in [0.4, 0.5) is 0 Å². The van der Waals surface area contributed by atoms with Crippen molar-refractivity contribution < 1.29 is 14.7 Å². The van der Waals surface area contributed by atoms with Gasteiger partial charge in [0.1, 0.15) is 0 Å². The molecule has 0 saturated carbocycles. The second-order valence-corrected chi connectivity index (χ2v) is 5.14. The molecule has 0 unspecified atom stereocenters. The molecule has 16 heavy (non-hydrogen) atoms. The first-order valence-corrected chi connectivity index (χ1v) is 5.43. The number of carboxylic acids is 1. The van der Waals surface area contributed by atoms with Gasteiger partial charge in [0, 0.05) is 6.54 Å². The van der Waals surface area contributed by atoms with Crippen molar-refractivity contribution in [1.29, 1.82) is 0 Å². The fourth-order valence-electron chi connectivity index (χ4n) is 1.13. The fourth-order valence-corrected chi connectivity index (χ4v) is 1.13. The zero-order valence-corrected chi connectivity index (χ0v) is 10.4. The van der Waals surface area contributed by atoms with Crippen LogP contribution in [0.3, 0.4) is 0 Å². The van der Waals surface area contributed by atoms with E-state index in [9.17, 15) is 9.59 Å². The number of nitrogens with two attached hydrogens (primary N) is 1. The predicted octanol–water partition coefficient (Wildman–Crippen LogP) is 0.587. The second kappa shape index (κ2) is 5.84. The number of nitrogens with one attached hydrogen (secondary N) is 1. The predicted molar refractivity (Wildman–Crippen MR) is 61.9 cm³/mol. The lowest BCUT2D eigenvalue weighted by molar-refractivity contribution is -0.146. The monoisotopic (exact) mass is 230 g/mol. The van der Waals surface area contributed by atoms with Gasteiger partial charge >= 0.3 is 5.97 Å². The summed E-state index contributed by atoms with van der Waals surface area (Å²) < 4.78 is 0. The summed E-state index contributed by atoms with van der Waals surface area (Å²) in [5, 5.41) is 11.4. The Labute approximate surface area is 96.4 Å². The highest BCUT2D eigenvalue weighted by Gasteiger charge is 2.28. The SMILES string of the molecule is CC(C)C[C@@H](N)C(=O)NCC(C)(C)C(=O)O. The molecule has 0 fully saturated rings. The second-order valence-electron chi connectivity index (χ2n) is 5.14. The van der Waals surface area contributed by atoms with Gasteiger partial charge in [0.25, 0.3) is 0 Å². The summed E-state index contributed by atoms with van der Waals surface area (Å²) in [4.78, 5) is 22.3. The molecular formula is C11H22N2O3. The molecule has 0 aliphatic carbocycles. The lowest BCUT2D eigenvalue weighted by Crippen LogP contribution is -2.46. The molecule has 0 bridgehead atoms. The van der Waals surface area contributed by atoms with E-state index in [1.165, 1.54) is 0 Å². The van der Waals surface area contributed by atoms with E-state index >= 15 is 0 Å². The van der Waals surface area contributed by atoms with E-state index in [1.54, 1.807) is 13.8 Å². The molecule has 0 heterocycles. The van der Waals surface area contributed by atoms with Crippen LogP contribution in [0.15, 0.2) is 0 Å². The average Bonchev–Trinajstić information content (AvgIpc) is 2.12. The summed E-state index contributed by atoms with van der Waals surface area (Å²) in [6, 6.07) is -0.565. The molecule has 4 N–H and O–H groups in total. The van der Waals surface area contributed by atoms with Gasteiger partial charge in [0.05, 0.1) is 11.5 Å². The van der Waals surface area contributed by atoms with Crippen molar-refractivity contribution in [2.45, 2.75) is 40.2 Å². The maximum absolute atomic E-state index is 11.5. The minimum atomic E-state index is -0.965. The van der Waals surface area contributed by atoms with E-state index in [4.69, 9.17) is 10.8 Å². The normalized spacial score (nSPS) is 13.6. The Morgan fingerprint density at radius 2 is 1.88 bits per heavy atom. The van der Waals surface area contributed by atoms with Crippen molar-refractivity contribution in [1.82, 2.24) is 5.32 Å². The molecule has 0 aliphatic heterocycles. The topological polar surface area (TPSA) is 92.4 Å². The van der Waals surface area contributed by atoms with E-state index in [1.807, 2.05) is 13.8 Å². The molecular weight excluding hydrogens is 208 g/mol. The van der Waals surface area contributed by atoms with Gasteiger partial charge < -0.3 is 16.2 Å². The van der Waals surface area contributed by atoms with Crippen molar-refractivity contribution in [3.63, 3.8) is 0 Å². The van der Waals surface area contributed by atoms with Crippen molar-refractivity contribution in [3.05, 3.63) is 0 Å². The maximum atomic E-state index is 11.5. The van der Waals surface area contributed by atoms with Crippen LogP contribution in [0.25, 0.3) is 0 Å².